The van der Waals surface area contributed by atoms with E-state index >= 15 is 0 Å². The van der Waals surface area contributed by atoms with Gasteiger partial charge >= 0.3 is 0 Å². The number of hydrogen-bond donors (Lipinski definition) is 2. The maximum Gasteiger partial charge on any atom is 0.240 e. The molecule has 0 aliphatic heterocycles. The molecule has 1 aromatic heterocycles. The summed E-state index contributed by atoms with van der Waals surface area (Å²) in [6.07, 6.45) is 3.03. The zero-order valence-corrected chi connectivity index (χ0v) is 14.3. The summed E-state index contributed by atoms with van der Waals surface area (Å²) in [4.78, 5) is 23.3. The van der Waals surface area contributed by atoms with Gasteiger partial charge < -0.3 is 9.88 Å². The number of nitrogens with one attached hydrogen (secondary N) is 2. The van der Waals surface area contributed by atoms with Crippen LogP contribution in [0.3, 0.4) is 0 Å². The summed E-state index contributed by atoms with van der Waals surface area (Å²) in [5, 5.41) is 6.95. The van der Waals surface area contributed by atoms with Gasteiger partial charge in [0.05, 0.1) is 10.2 Å². The Kier molecular flexibility index (Phi) is 6.34. The number of carbonyl (C=O) groups is 2. The fourth-order valence-corrected chi connectivity index (χ4v) is 3.19. The van der Waals surface area contributed by atoms with Gasteiger partial charge in [0.15, 0.2) is 0 Å². The molecule has 0 bridgehead atoms. The highest BCUT2D eigenvalue weighted by Crippen LogP contribution is 2.14. The van der Waals surface area contributed by atoms with Crippen LogP contribution in [0.1, 0.15) is 32.6 Å². The molecule has 2 amide bonds. The first-order chi connectivity index (χ1) is 11.1. The summed E-state index contributed by atoms with van der Waals surface area (Å²) in [5.74, 6) is -0.0975. The van der Waals surface area contributed by atoms with Gasteiger partial charge in [-0.15, -0.1) is 5.10 Å². The smallest absolute Gasteiger partial charge is 0.240 e. The Morgan fingerprint density at radius 2 is 2.00 bits per heavy atom. The lowest BCUT2D eigenvalue weighted by atomic mass is 10.2. The first-order valence-corrected chi connectivity index (χ1v) is 8.51. The lowest BCUT2D eigenvalue weighted by Crippen LogP contribution is -2.23. The SMILES string of the molecule is CC(=O)NCCCCCC(=O)N/N=c1\sc2ccccc2n1C. The van der Waals surface area contributed by atoms with Gasteiger partial charge in [-0.2, -0.15) is 0 Å². The monoisotopic (exact) mass is 334 g/mol. The molecular weight excluding hydrogens is 312 g/mol. The van der Waals surface area contributed by atoms with Gasteiger partial charge in [0, 0.05) is 26.9 Å². The van der Waals surface area contributed by atoms with Crippen molar-refractivity contribution in [3.63, 3.8) is 0 Å². The molecule has 7 heteroatoms. The predicted octanol–water partition coefficient (Wildman–Crippen LogP) is 1.87. The Hall–Kier alpha value is -2.15. The molecule has 0 saturated carbocycles. The first kappa shape index (κ1) is 17.2. The molecule has 2 aromatic rings. The lowest BCUT2D eigenvalue weighted by molar-refractivity contribution is -0.121. The molecule has 0 aliphatic rings. The number of benzene rings is 1. The second-order valence-corrected chi connectivity index (χ2v) is 6.36. The molecule has 0 spiro atoms. The van der Waals surface area contributed by atoms with Crippen molar-refractivity contribution in [1.82, 2.24) is 15.3 Å². The molecule has 0 unspecified atom stereocenters. The largest absolute Gasteiger partial charge is 0.356 e. The molecule has 0 atom stereocenters. The molecule has 23 heavy (non-hydrogen) atoms. The predicted molar refractivity (Wildman–Crippen MR) is 91.7 cm³/mol. The average molecular weight is 334 g/mol. The third-order valence-corrected chi connectivity index (χ3v) is 4.56. The van der Waals surface area contributed by atoms with E-state index < -0.39 is 0 Å². The standard InChI is InChI=1S/C16H22N4O2S/c1-12(21)17-11-7-3-4-10-15(22)18-19-16-20(2)13-8-5-6-9-14(13)23-16/h5-6,8-9H,3-4,7,10-11H2,1-2H3,(H,17,21)(H,18,22)/b19-16-. The second-order valence-electron chi connectivity index (χ2n) is 5.35. The number of rotatable bonds is 7. The first-order valence-electron chi connectivity index (χ1n) is 7.69. The fraction of sp³-hybridized carbons (Fsp3) is 0.438. The number of unbranched alkanes of at least 4 members (excludes halogenated alkanes) is 2. The lowest BCUT2D eigenvalue weighted by Gasteiger charge is -2.02. The van der Waals surface area contributed by atoms with E-state index in [9.17, 15) is 9.59 Å². The molecule has 124 valence electrons. The van der Waals surface area contributed by atoms with Gasteiger partial charge in [0.25, 0.3) is 0 Å². The molecule has 6 nitrogen and oxygen atoms in total. The molecule has 2 rings (SSSR count). The average Bonchev–Trinajstić information content (AvgIpc) is 2.85. The van der Waals surface area contributed by atoms with E-state index in [4.69, 9.17) is 0 Å². The third kappa shape index (κ3) is 5.21. The number of nitrogens with zero attached hydrogens (tertiary/aromatic N) is 2. The maximum atomic E-state index is 11.8. The number of para-hydroxylation sites is 1. The van der Waals surface area contributed by atoms with Gasteiger partial charge in [-0.3, -0.25) is 9.59 Å². The van der Waals surface area contributed by atoms with Gasteiger partial charge in [-0.25, -0.2) is 5.43 Å². The molecule has 1 aromatic carbocycles. The molecule has 2 N–H and O–H groups in total. The highest BCUT2D eigenvalue weighted by atomic mass is 32.1. The van der Waals surface area contributed by atoms with E-state index in [0.29, 0.717) is 13.0 Å². The van der Waals surface area contributed by atoms with Crippen LogP contribution in [0.25, 0.3) is 10.2 Å². The van der Waals surface area contributed by atoms with Crippen LogP contribution >= 0.6 is 11.3 Å². The van der Waals surface area contributed by atoms with Crippen molar-refractivity contribution in [2.24, 2.45) is 12.1 Å². The molecule has 1 heterocycles. The Labute approximate surface area is 139 Å². The van der Waals surface area contributed by atoms with Crippen LogP contribution in [0.5, 0.6) is 0 Å². The summed E-state index contributed by atoms with van der Waals surface area (Å²) >= 11 is 1.54. The number of fused-ring (bicyclic) bond motifs is 1. The Morgan fingerprint density at radius 1 is 1.22 bits per heavy atom. The van der Waals surface area contributed by atoms with Crippen LogP contribution < -0.4 is 15.5 Å². The van der Waals surface area contributed by atoms with Crippen LogP contribution in [-0.2, 0) is 16.6 Å². The summed E-state index contributed by atoms with van der Waals surface area (Å²) in [6.45, 7) is 2.17. The van der Waals surface area contributed by atoms with Gasteiger partial charge in [-0.1, -0.05) is 29.9 Å². The molecule has 0 aliphatic carbocycles. The third-order valence-electron chi connectivity index (χ3n) is 3.45. The summed E-state index contributed by atoms with van der Waals surface area (Å²) in [5.41, 5.74) is 3.72. The fourth-order valence-electron chi connectivity index (χ4n) is 2.21. The second kappa shape index (κ2) is 8.47. The van der Waals surface area contributed by atoms with Crippen LogP contribution in [-0.4, -0.2) is 22.9 Å². The van der Waals surface area contributed by atoms with Gasteiger partial charge in [0.2, 0.25) is 16.6 Å². The minimum absolute atomic E-state index is 0.0160. The van der Waals surface area contributed by atoms with E-state index in [1.807, 2.05) is 35.9 Å². The Morgan fingerprint density at radius 3 is 2.74 bits per heavy atom. The van der Waals surface area contributed by atoms with Gasteiger partial charge in [-0.05, 0) is 25.0 Å². The minimum atomic E-state index is -0.0815. The van der Waals surface area contributed by atoms with E-state index in [1.54, 1.807) is 11.3 Å². The van der Waals surface area contributed by atoms with Crippen molar-refractivity contribution in [2.45, 2.75) is 32.6 Å². The summed E-state index contributed by atoms with van der Waals surface area (Å²) in [6, 6.07) is 8.04. The van der Waals surface area contributed by atoms with Crippen LogP contribution in [0.15, 0.2) is 29.4 Å². The number of carbonyl (C=O) groups excluding carboxylic acids is 2. The zero-order valence-electron chi connectivity index (χ0n) is 13.5. The van der Waals surface area contributed by atoms with Crippen molar-refractivity contribution in [2.75, 3.05) is 6.54 Å². The van der Waals surface area contributed by atoms with Crippen LogP contribution in [0, 0.1) is 0 Å². The van der Waals surface area contributed by atoms with E-state index in [1.165, 1.54) is 6.92 Å². The number of aryl methyl sites for hydroxylation is 1. The molecule has 0 radical (unpaired) electrons. The summed E-state index contributed by atoms with van der Waals surface area (Å²) in [7, 11) is 1.94. The highest BCUT2D eigenvalue weighted by molar-refractivity contribution is 7.16. The van der Waals surface area contributed by atoms with Crippen molar-refractivity contribution < 1.29 is 9.59 Å². The normalized spacial score (nSPS) is 11.7. The maximum absolute atomic E-state index is 11.8. The van der Waals surface area contributed by atoms with Gasteiger partial charge in [0.1, 0.15) is 0 Å². The number of amides is 2. The number of thiazole rings is 1. The van der Waals surface area contributed by atoms with Crippen molar-refractivity contribution in [3.8, 4) is 0 Å². The Balaban J connectivity index is 1.79. The van der Waals surface area contributed by atoms with Crippen LogP contribution in [0.4, 0.5) is 0 Å². The quantitative estimate of drug-likeness (QED) is 0.599. The molecule has 0 saturated heterocycles. The Bertz CT molecular complexity index is 748. The minimum Gasteiger partial charge on any atom is -0.356 e. The number of hydrogen-bond acceptors (Lipinski definition) is 4. The number of aromatic nitrogens is 1. The van der Waals surface area contributed by atoms with E-state index in [2.05, 4.69) is 15.8 Å². The van der Waals surface area contributed by atoms with Crippen molar-refractivity contribution >= 4 is 33.4 Å². The molecular formula is C16H22N4O2S. The van der Waals surface area contributed by atoms with Crippen LogP contribution in [0.2, 0.25) is 0 Å². The topological polar surface area (TPSA) is 75.5 Å². The summed E-state index contributed by atoms with van der Waals surface area (Å²) < 4.78 is 3.11. The van der Waals surface area contributed by atoms with E-state index in [0.717, 1.165) is 34.3 Å². The molecule has 0 fully saturated rings. The van der Waals surface area contributed by atoms with Crippen molar-refractivity contribution in [1.29, 1.82) is 0 Å². The highest BCUT2D eigenvalue weighted by Gasteiger charge is 2.03. The van der Waals surface area contributed by atoms with E-state index in [-0.39, 0.29) is 11.8 Å². The zero-order chi connectivity index (χ0) is 16.7. The van der Waals surface area contributed by atoms with Crippen molar-refractivity contribution in [3.05, 3.63) is 29.1 Å².